The summed E-state index contributed by atoms with van der Waals surface area (Å²) in [5, 5.41) is 10.9. The van der Waals surface area contributed by atoms with Crippen molar-refractivity contribution in [2.75, 3.05) is 6.61 Å². The molecule has 0 aliphatic heterocycles. The molecule has 7 heteroatoms. The van der Waals surface area contributed by atoms with Crippen LogP contribution in [0.15, 0.2) is 16.6 Å². The number of benzene rings is 1. The molecule has 0 unspecified atom stereocenters. The second-order valence-electron chi connectivity index (χ2n) is 3.35. The highest BCUT2D eigenvalue weighted by Gasteiger charge is 2.21. The lowest BCUT2D eigenvalue weighted by Gasteiger charge is -2.06. The van der Waals surface area contributed by atoms with Crippen LogP contribution in [0.1, 0.15) is 22.8 Å². The van der Waals surface area contributed by atoms with E-state index in [0.29, 0.717) is 10.8 Å². The largest absolute Gasteiger partial charge is 0.466 e. The van der Waals surface area contributed by atoms with Crippen molar-refractivity contribution in [3.63, 3.8) is 0 Å². The number of carbonyl (C=O) groups excluding carboxylic acids is 2. The number of hydrogen-bond acceptors (Lipinski definition) is 5. The lowest BCUT2D eigenvalue weighted by molar-refractivity contribution is -0.385. The zero-order chi connectivity index (χ0) is 13.7. The Kier molecular flexibility index (Phi) is 4.96. The van der Waals surface area contributed by atoms with Gasteiger partial charge in [0.05, 0.1) is 23.5 Å². The van der Waals surface area contributed by atoms with Crippen LogP contribution < -0.4 is 0 Å². The first-order chi connectivity index (χ1) is 8.49. The average Bonchev–Trinajstić information content (AvgIpc) is 2.30. The Morgan fingerprint density at radius 3 is 2.72 bits per heavy atom. The Morgan fingerprint density at radius 1 is 1.56 bits per heavy atom. The molecule has 0 spiro atoms. The number of nitrogens with zero attached hydrogens (tertiary/aromatic N) is 1. The topological polar surface area (TPSA) is 86.5 Å². The van der Waals surface area contributed by atoms with Gasteiger partial charge in [0.1, 0.15) is 0 Å². The van der Waals surface area contributed by atoms with Gasteiger partial charge in [-0.1, -0.05) is 15.9 Å². The number of nitro groups is 1. The normalized spacial score (nSPS) is 9.89. The van der Waals surface area contributed by atoms with Gasteiger partial charge in [0.25, 0.3) is 5.69 Å². The summed E-state index contributed by atoms with van der Waals surface area (Å²) < 4.78 is 5.13. The maximum atomic E-state index is 11.4. The summed E-state index contributed by atoms with van der Waals surface area (Å²) in [5.41, 5.74) is -0.111. The van der Waals surface area contributed by atoms with Crippen molar-refractivity contribution in [2.45, 2.75) is 13.3 Å². The number of aldehydes is 1. The highest BCUT2D eigenvalue weighted by Crippen LogP contribution is 2.27. The molecule has 0 fully saturated rings. The zero-order valence-corrected chi connectivity index (χ0v) is 11.1. The van der Waals surface area contributed by atoms with Gasteiger partial charge in [0, 0.05) is 16.1 Å². The van der Waals surface area contributed by atoms with Crippen LogP contribution in [0.5, 0.6) is 0 Å². The molecular formula is C11H10BrNO5. The molecule has 0 bridgehead atoms. The summed E-state index contributed by atoms with van der Waals surface area (Å²) in [6, 6.07) is 2.68. The second kappa shape index (κ2) is 6.25. The lowest BCUT2D eigenvalue weighted by Crippen LogP contribution is -2.11. The van der Waals surface area contributed by atoms with E-state index in [-0.39, 0.29) is 29.8 Å². The van der Waals surface area contributed by atoms with Gasteiger partial charge in [-0.25, -0.2) is 0 Å². The molecule has 6 nitrogen and oxygen atoms in total. The van der Waals surface area contributed by atoms with E-state index in [1.54, 1.807) is 6.92 Å². The third-order valence-electron chi connectivity index (χ3n) is 2.18. The number of ether oxygens (including phenoxy) is 1. The van der Waals surface area contributed by atoms with Gasteiger partial charge in [0.2, 0.25) is 0 Å². The molecule has 1 aromatic carbocycles. The minimum atomic E-state index is -0.633. The number of esters is 1. The minimum Gasteiger partial charge on any atom is -0.466 e. The molecule has 0 atom stereocenters. The van der Waals surface area contributed by atoms with E-state index in [1.807, 2.05) is 0 Å². The van der Waals surface area contributed by atoms with Gasteiger partial charge in [-0.05, 0) is 13.0 Å². The van der Waals surface area contributed by atoms with E-state index in [1.165, 1.54) is 12.1 Å². The van der Waals surface area contributed by atoms with Crippen LogP contribution in [-0.4, -0.2) is 23.8 Å². The smallest absolute Gasteiger partial charge is 0.310 e. The van der Waals surface area contributed by atoms with E-state index in [4.69, 9.17) is 4.74 Å². The van der Waals surface area contributed by atoms with Crippen molar-refractivity contribution < 1.29 is 19.2 Å². The van der Waals surface area contributed by atoms with Crippen LogP contribution in [0.4, 0.5) is 5.69 Å². The molecule has 0 amide bonds. The fourth-order valence-electron chi connectivity index (χ4n) is 1.46. The van der Waals surface area contributed by atoms with E-state index in [0.717, 1.165) is 0 Å². The Hall–Kier alpha value is -1.76. The SMILES string of the molecule is CCOC(=O)Cc1c(C=O)cc(Br)cc1[N+](=O)[O-]. The Balaban J connectivity index is 3.25. The number of hydrogen-bond donors (Lipinski definition) is 0. The molecule has 0 heterocycles. The van der Waals surface area contributed by atoms with E-state index in [9.17, 15) is 19.7 Å². The lowest BCUT2D eigenvalue weighted by atomic mass is 10.0. The average molecular weight is 316 g/mol. The van der Waals surface area contributed by atoms with Crippen molar-refractivity contribution in [1.82, 2.24) is 0 Å². The fraction of sp³-hybridized carbons (Fsp3) is 0.273. The minimum absolute atomic E-state index is 0.0663. The maximum Gasteiger partial charge on any atom is 0.310 e. The molecule has 0 N–H and O–H groups in total. The third-order valence-corrected chi connectivity index (χ3v) is 2.63. The Morgan fingerprint density at radius 2 is 2.22 bits per heavy atom. The van der Waals surface area contributed by atoms with Crippen molar-refractivity contribution in [2.24, 2.45) is 0 Å². The van der Waals surface area contributed by atoms with Crippen molar-refractivity contribution in [3.8, 4) is 0 Å². The molecular weight excluding hydrogens is 306 g/mol. The van der Waals surface area contributed by atoms with Gasteiger partial charge in [-0.2, -0.15) is 0 Å². The van der Waals surface area contributed by atoms with Gasteiger partial charge < -0.3 is 4.74 Å². The summed E-state index contributed by atoms with van der Waals surface area (Å²) in [7, 11) is 0. The molecule has 1 aromatic rings. The van der Waals surface area contributed by atoms with E-state index >= 15 is 0 Å². The number of rotatable bonds is 5. The van der Waals surface area contributed by atoms with Crippen LogP contribution in [0, 0.1) is 10.1 Å². The molecule has 0 radical (unpaired) electrons. The zero-order valence-electron chi connectivity index (χ0n) is 9.51. The summed E-state index contributed by atoms with van der Waals surface area (Å²) in [4.78, 5) is 32.5. The highest BCUT2D eigenvalue weighted by atomic mass is 79.9. The summed E-state index contributed by atoms with van der Waals surface area (Å²) in [6.45, 7) is 1.81. The molecule has 0 saturated carbocycles. The number of nitro benzene ring substituents is 1. The number of halogens is 1. The number of carbonyl (C=O) groups is 2. The van der Waals surface area contributed by atoms with Gasteiger partial charge in [0.15, 0.2) is 6.29 Å². The van der Waals surface area contributed by atoms with E-state index < -0.39 is 10.9 Å². The summed E-state index contributed by atoms with van der Waals surface area (Å²) >= 11 is 3.07. The van der Waals surface area contributed by atoms with Gasteiger partial charge in [-0.3, -0.25) is 19.7 Å². The molecule has 0 saturated heterocycles. The predicted octanol–water partition coefficient (Wildman–Crippen LogP) is 2.28. The predicted molar refractivity (Wildman–Crippen MR) is 66.5 cm³/mol. The Bertz CT molecular complexity index is 500. The first-order valence-corrected chi connectivity index (χ1v) is 5.86. The fourth-order valence-corrected chi connectivity index (χ4v) is 1.92. The highest BCUT2D eigenvalue weighted by molar-refractivity contribution is 9.10. The van der Waals surface area contributed by atoms with Crippen LogP contribution in [-0.2, 0) is 16.0 Å². The second-order valence-corrected chi connectivity index (χ2v) is 4.27. The van der Waals surface area contributed by atoms with Gasteiger partial charge in [-0.15, -0.1) is 0 Å². The first kappa shape index (κ1) is 14.3. The first-order valence-electron chi connectivity index (χ1n) is 5.07. The van der Waals surface area contributed by atoms with Crippen LogP contribution in [0.2, 0.25) is 0 Å². The summed E-state index contributed by atoms with van der Waals surface area (Å²) in [6.07, 6.45) is 0.178. The monoisotopic (exact) mass is 315 g/mol. The molecule has 18 heavy (non-hydrogen) atoms. The van der Waals surface area contributed by atoms with Crippen LogP contribution in [0.3, 0.4) is 0 Å². The quantitative estimate of drug-likeness (QED) is 0.360. The third kappa shape index (κ3) is 3.36. The van der Waals surface area contributed by atoms with E-state index in [2.05, 4.69) is 15.9 Å². The molecule has 0 aliphatic carbocycles. The molecule has 0 aromatic heterocycles. The van der Waals surface area contributed by atoms with Gasteiger partial charge >= 0.3 is 5.97 Å². The van der Waals surface area contributed by atoms with Crippen molar-refractivity contribution in [3.05, 3.63) is 37.8 Å². The van der Waals surface area contributed by atoms with Crippen LogP contribution in [0.25, 0.3) is 0 Å². The van der Waals surface area contributed by atoms with Crippen LogP contribution >= 0.6 is 15.9 Å². The van der Waals surface area contributed by atoms with Crippen molar-refractivity contribution in [1.29, 1.82) is 0 Å². The Labute approximate surface area is 111 Å². The molecule has 0 aliphatic rings. The standard InChI is InChI=1S/C11H10BrNO5/c1-2-18-11(15)5-9-7(6-14)3-8(12)4-10(9)13(16)17/h3-4,6H,2,5H2,1H3. The maximum absolute atomic E-state index is 11.4. The molecule has 1 rings (SSSR count). The van der Waals surface area contributed by atoms with Crippen molar-refractivity contribution >= 4 is 33.9 Å². The molecule has 96 valence electrons. The summed E-state index contributed by atoms with van der Waals surface area (Å²) in [5.74, 6) is -0.606.